The van der Waals surface area contributed by atoms with Crippen LogP contribution in [-0.2, 0) is 9.59 Å². The van der Waals surface area contributed by atoms with E-state index >= 15 is 0 Å². The molecular formula is C14H12N2O4. The molecule has 0 spiro atoms. The number of rotatable bonds is 2. The van der Waals surface area contributed by atoms with E-state index in [9.17, 15) is 19.2 Å². The summed E-state index contributed by atoms with van der Waals surface area (Å²) < 4.78 is 0. The zero-order valence-corrected chi connectivity index (χ0v) is 10.7. The Morgan fingerprint density at radius 2 is 1.65 bits per heavy atom. The lowest BCUT2D eigenvalue weighted by Crippen LogP contribution is -2.43. The fraction of sp³-hybridized carbons (Fsp3) is 0.286. The van der Waals surface area contributed by atoms with E-state index in [0.29, 0.717) is 30.5 Å². The highest BCUT2D eigenvalue weighted by molar-refractivity contribution is 6.22. The number of fused-ring (bicyclic) bond motifs is 1. The van der Waals surface area contributed by atoms with Crippen LogP contribution in [0.3, 0.4) is 0 Å². The van der Waals surface area contributed by atoms with Crippen LogP contribution in [0.2, 0.25) is 0 Å². The fourth-order valence-corrected chi connectivity index (χ4v) is 2.52. The molecule has 0 saturated carbocycles. The number of imide groups is 2. The van der Waals surface area contributed by atoms with Crippen molar-refractivity contribution >= 4 is 23.6 Å². The van der Waals surface area contributed by atoms with Gasteiger partial charge < -0.3 is 0 Å². The molecule has 0 bridgehead atoms. The first-order chi connectivity index (χ1) is 9.59. The van der Waals surface area contributed by atoms with E-state index in [0.717, 1.165) is 9.80 Å². The highest BCUT2D eigenvalue weighted by Crippen LogP contribution is 2.22. The molecule has 20 heavy (non-hydrogen) atoms. The monoisotopic (exact) mass is 272 g/mol. The van der Waals surface area contributed by atoms with E-state index in [2.05, 4.69) is 0 Å². The second kappa shape index (κ2) is 4.56. The Morgan fingerprint density at radius 3 is 2.15 bits per heavy atom. The third-order valence-corrected chi connectivity index (χ3v) is 3.55. The Kier molecular flexibility index (Phi) is 2.85. The number of carbonyl (C=O) groups is 4. The van der Waals surface area contributed by atoms with Crippen molar-refractivity contribution in [3.63, 3.8) is 0 Å². The molecule has 6 heteroatoms. The molecule has 1 saturated heterocycles. The lowest BCUT2D eigenvalue weighted by Gasteiger charge is -2.18. The van der Waals surface area contributed by atoms with E-state index in [1.807, 2.05) is 0 Å². The summed E-state index contributed by atoms with van der Waals surface area (Å²) in [6.45, 7) is -0.0150. The molecule has 102 valence electrons. The van der Waals surface area contributed by atoms with Gasteiger partial charge in [-0.15, -0.1) is 0 Å². The Labute approximate surface area is 115 Å². The first kappa shape index (κ1) is 12.5. The van der Waals surface area contributed by atoms with Gasteiger partial charge in [0.25, 0.3) is 11.8 Å². The van der Waals surface area contributed by atoms with Gasteiger partial charge in [-0.3, -0.25) is 29.0 Å². The summed E-state index contributed by atoms with van der Waals surface area (Å²) in [6.07, 6.45) is 0.973. The van der Waals surface area contributed by atoms with E-state index in [1.165, 1.54) is 0 Å². The van der Waals surface area contributed by atoms with E-state index in [4.69, 9.17) is 0 Å². The molecule has 0 unspecified atom stereocenters. The van der Waals surface area contributed by atoms with Gasteiger partial charge in [0.2, 0.25) is 11.8 Å². The Balaban J connectivity index is 1.80. The van der Waals surface area contributed by atoms with Crippen molar-refractivity contribution in [1.29, 1.82) is 0 Å². The van der Waals surface area contributed by atoms with Crippen molar-refractivity contribution in [3.8, 4) is 0 Å². The second-order valence-electron chi connectivity index (χ2n) is 4.78. The van der Waals surface area contributed by atoms with Gasteiger partial charge in [-0.2, -0.15) is 0 Å². The second-order valence-corrected chi connectivity index (χ2v) is 4.78. The quantitative estimate of drug-likeness (QED) is 0.732. The number of nitrogens with zero attached hydrogens (tertiary/aromatic N) is 2. The van der Waals surface area contributed by atoms with Crippen LogP contribution in [0.15, 0.2) is 24.3 Å². The van der Waals surface area contributed by atoms with Gasteiger partial charge in [0, 0.05) is 13.0 Å². The van der Waals surface area contributed by atoms with Gasteiger partial charge in [0.05, 0.1) is 11.1 Å². The van der Waals surface area contributed by atoms with Crippen LogP contribution in [0.25, 0.3) is 0 Å². The molecule has 2 aliphatic heterocycles. The minimum atomic E-state index is -0.498. The summed E-state index contributed by atoms with van der Waals surface area (Å²) in [5.41, 5.74) is 0.607. The average Bonchev–Trinajstić information content (AvgIpc) is 2.97. The minimum absolute atomic E-state index is 0.244. The first-order valence-corrected chi connectivity index (χ1v) is 6.38. The average molecular weight is 272 g/mol. The minimum Gasteiger partial charge on any atom is -0.281 e. The topological polar surface area (TPSA) is 74.8 Å². The fourth-order valence-electron chi connectivity index (χ4n) is 2.52. The van der Waals surface area contributed by atoms with Gasteiger partial charge in [-0.25, -0.2) is 0 Å². The summed E-state index contributed by atoms with van der Waals surface area (Å²) in [7, 11) is 0. The third kappa shape index (κ3) is 1.80. The molecule has 4 amide bonds. The van der Waals surface area contributed by atoms with Gasteiger partial charge in [-0.05, 0) is 18.6 Å². The third-order valence-electron chi connectivity index (χ3n) is 3.55. The molecule has 0 aromatic heterocycles. The number of likely N-dealkylation sites (tertiary alicyclic amines) is 1. The largest absolute Gasteiger partial charge is 0.281 e. The normalized spacial score (nSPS) is 17.9. The van der Waals surface area contributed by atoms with Gasteiger partial charge in [0.15, 0.2) is 0 Å². The molecule has 1 aromatic rings. The molecule has 0 atom stereocenters. The number of hydrogen-bond acceptors (Lipinski definition) is 4. The maximum atomic E-state index is 12.1. The highest BCUT2D eigenvalue weighted by Gasteiger charge is 2.38. The maximum absolute atomic E-state index is 12.1. The smallest absolute Gasteiger partial charge is 0.262 e. The van der Waals surface area contributed by atoms with Crippen LogP contribution in [-0.4, -0.2) is 46.5 Å². The van der Waals surface area contributed by atoms with Crippen molar-refractivity contribution in [3.05, 3.63) is 35.4 Å². The number of amides is 4. The molecule has 3 rings (SSSR count). The summed E-state index contributed by atoms with van der Waals surface area (Å²) in [5, 5.41) is 0. The predicted molar refractivity (Wildman–Crippen MR) is 67.8 cm³/mol. The molecule has 2 aliphatic rings. The molecular weight excluding hydrogens is 260 g/mol. The van der Waals surface area contributed by atoms with Crippen LogP contribution < -0.4 is 0 Å². The molecule has 0 radical (unpaired) electrons. The van der Waals surface area contributed by atoms with E-state index in [1.54, 1.807) is 24.3 Å². The summed E-state index contributed by atoms with van der Waals surface area (Å²) in [4.78, 5) is 49.7. The van der Waals surface area contributed by atoms with Crippen LogP contribution in [0.4, 0.5) is 0 Å². The number of hydrogen-bond donors (Lipinski definition) is 0. The SMILES string of the molecule is O=C1CCCN1C(=O)CN1C(=O)c2ccccc2C1=O. The Morgan fingerprint density at radius 1 is 1.05 bits per heavy atom. The molecule has 1 aromatic carbocycles. The Bertz CT molecular complexity index is 603. The van der Waals surface area contributed by atoms with E-state index < -0.39 is 17.7 Å². The molecule has 1 fully saturated rings. The van der Waals surface area contributed by atoms with Crippen molar-refractivity contribution in [2.24, 2.45) is 0 Å². The van der Waals surface area contributed by atoms with Crippen LogP contribution >= 0.6 is 0 Å². The van der Waals surface area contributed by atoms with Crippen molar-refractivity contribution in [2.75, 3.05) is 13.1 Å². The molecule has 2 heterocycles. The van der Waals surface area contributed by atoms with Crippen molar-refractivity contribution < 1.29 is 19.2 Å². The van der Waals surface area contributed by atoms with Crippen molar-refractivity contribution in [1.82, 2.24) is 9.80 Å². The zero-order chi connectivity index (χ0) is 14.3. The lowest BCUT2D eigenvalue weighted by atomic mass is 10.1. The summed E-state index contributed by atoms with van der Waals surface area (Å²) in [6, 6.07) is 6.45. The van der Waals surface area contributed by atoms with Gasteiger partial charge in [0.1, 0.15) is 6.54 Å². The predicted octanol–water partition coefficient (Wildman–Crippen LogP) is 0.432. The maximum Gasteiger partial charge on any atom is 0.262 e. The standard InChI is InChI=1S/C14H12N2O4/c17-11-6-3-7-15(11)12(18)8-16-13(19)9-4-1-2-5-10(9)14(16)20/h1-2,4-5H,3,6-8H2. The zero-order valence-electron chi connectivity index (χ0n) is 10.7. The lowest BCUT2D eigenvalue weighted by molar-refractivity contribution is -0.142. The molecule has 0 aliphatic carbocycles. The summed E-state index contributed by atoms with van der Waals surface area (Å²) >= 11 is 0. The number of benzene rings is 1. The van der Waals surface area contributed by atoms with Crippen LogP contribution in [0.1, 0.15) is 33.6 Å². The first-order valence-electron chi connectivity index (χ1n) is 6.38. The van der Waals surface area contributed by atoms with Gasteiger partial charge >= 0.3 is 0 Å². The van der Waals surface area contributed by atoms with Gasteiger partial charge in [-0.1, -0.05) is 12.1 Å². The molecule has 0 N–H and O–H groups in total. The highest BCUT2D eigenvalue weighted by atomic mass is 16.2. The van der Waals surface area contributed by atoms with Crippen LogP contribution in [0.5, 0.6) is 0 Å². The number of carbonyl (C=O) groups excluding carboxylic acids is 4. The molecule has 6 nitrogen and oxygen atoms in total. The van der Waals surface area contributed by atoms with E-state index in [-0.39, 0.29) is 12.5 Å². The summed E-state index contributed by atoms with van der Waals surface area (Å²) in [5.74, 6) is -1.70. The van der Waals surface area contributed by atoms with Crippen LogP contribution in [0, 0.1) is 0 Å². The van der Waals surface area contributed by atoms with Crippen molar-refractivity contribution in [2.45, 2.75) is 12.8 Å². The Hall–Kier alpha value is -2.50.